The van der Waals surface area contributed by atoms with Crippen molar-refractivity contribution in [1.82, 2.24) is 0 Å². The molecule has 18 heavy (non-hydrogen) atoms. The van der Waals surface area contributed by atoms with Gasteiger partial charge in [0.15, 0.2) is 5.92 Å². The van der Waals surface area contributed by atoms with E-state index < -0.39 is 23.7 Å². The Kier molecular flexibility index (Phi) is 5.27. The Morgan fingerprint density at radius 1 is 1.50 bits per heavy atom. The number of ether oxygens (including phenoxy) is 1. The van der Waals surface area contributed by atoms with Crippen molar-refractivity contribution in [2.24, 2.45) is 5.92 Å². The normalized spacial score (nSPS) is 11.9. The van der Waals surface area contributed by atoms with Crippen molar-refractivity contribution >= 4 is 27.9 Å². The molecular formula is C12H12BrFO4. The molecule has 0 saturated heterocycles. The Hall–Kier alpha value is -1.43. The summed E-state index contributed by atoms with van der Waals surface area (Å²) in [5.41, 5.74) is 0.412. The van der Waals surface area contributed by atoms with Crippen LogP contribution in [0.5, 0.6) is 0 Å². The van der Waals surface area contributed by atoms with Crippen LogP contribution in [-0.4, -0.2) is 23.7 Å². The average Bonchev–Trinajstić information content (AvgIpc) is 2.30. The summed E-state index contributed by atoms with van der Waals surface area (Å²) in [5, 5.41) is 8.98. The van der Waals surface area contributed by atoms with Gasteiger partial charge in [0.05, 0.1) is 11.1 Å². The van der Waals surface area contributed by atoms with Gasteiger partial charge in [-0.15, -0.1) is 0 Å². The largest absolute Gasteiger partial charge is 0.481 e. The number of aliphatic carboxylic acids is 1. The van der Waals surface area contributed by atoms with Crippen LogP contribution in [0.3, 0.4) is 0 Å². The highest BCUT2D eigenvalue weighted by molar-refractivity contribution is 9.10. The van der Waals surface area contributed by atoms with E-state index in [1.165, 1.54) is 12.1 Å². The van der Waals surface area contributed by atoms with E-state index in [1.807, 2.05) is 0 Å². The van der Waals surface area contributed by atoms with E-state index in [9.17, 15) is 14.0 Å². The number of carboxylic acid groups (broad SMARTS) is 1. The van der Waals surface area contributed by atoms with E-state index in [0.717, 1.165) is 0 Å². The lowest BCUT2D eigenvalue weighted by Crippen LogP contribution is -2.28. The first-order valence-electron chi connectivity index (χ1n) is 5.29. The Balaban J connectivity index is 2.94. The van der Waals surface area contributed by atoms with Gasteiger partial charge in [-0.3, -0.25) is 9.59 Å². The molecule has 1 aromatic carbocycles. The van der Waals surface area contributed by atoms with Gasteiger partial charge in [0.1, 0.15) is 5.82 Å². The molecule has 1 N–H and O–H groups in total. The summed E-state index contributed by atoms with van der Waals surface area (Å²) in [4.78, 5) is 22.5. The fraction of sp³-hybridized carbons (Fsp3) is 0.333. The van der Waals surface area contributed by atoms with E-state index in [-0.39, 0.29) is 17.5 Å². The number of hydrogen-bond donors (Lipinski definition) is 1. The van der Waals surface area contributed by atoms with Crippen molar-refractivity contribution in [1.29, 1.82) is 0 Å². The smallest absolute Gasteiger partial charge is 0.320 e. The van der Waals surface area contributed by atoms with Crippen LogP contribution in [0.25, 0.3) is 0 Å². The molecule has 0 aliphatic heterocycles. The van der Waals surface area contributed by atoms with E-state index in [4.69, 9.17) is 5.11 Å². The maximum absolute atomic E-state index is 13.3. The average molecular weight is 319 g/mol. The molecule has 98 valence electrons. The zero-order chi connectivity index (χ0) is 13.7. The number of halogens is 2. The monoisotopic (exact) mass is 318 g/mol. The Bertz CT molecular complexity index is 461. The SMILES string of the molecule is CCOC(=O)C(Cc1cccc(F)c1Br)C(=O)O. The number of esters is 1. The third-order valence-electron chi connectivity index (χ3n) is 2.32. The second-order valence-corrected chi connectivity index (χ2v) is 4.35. The molecule has 0 aliphatic carbocycles. The minimum atomic E-state index is -1.33. The van der Waals surface area contributed by atoms with Crippen molar-refractivity contribution < 1.29 is 23.8 Å². The molecule has 0 aromatic heterocycles. The first-order chi connectivity index (χ1) is 8.47. The quantitative estimate of drug-likeness (QED) is 0.669. The van der Waals surface area contributed by atoms with Crippen molar-refractivity contribution in [2.75, 3.05) is 6.61 Å². The zero-order valence-electron chi connectivity index (χ0n) is 9.65. The lowest BCUT2D eigenvalue weighted by Gasteiger charge is -2.12. The molecular weight excluding hydrogens is 307 g/mol. The highest BCUT2D eigenvalue weighted by Crippen LogP contribution is 2.23. The van der Waals surface area contributed by atoms with E-state index in [2.05, 4.69) is 20.7 Å². The summed E-state index contributed by atoms with van der Waals surface area (Å²) in [6.07, 6.45) is -0.119. The molecule has 0 heterocycles. The fourth-order valence-corrected chi connectivity index (χ4v) is 1.87. The molecule has 1 rings (SSSR count). The standard InChI is InChI=1S/C12H12BrFO4/c1-2-18-12(17)8(11(15)16)6-7-4-3-5-9(14)10(7)13/h3-5,8H,2,6H2,1H3,(H,15,16). The molecule has 1 aromatic rings. The van der Waals surface area contributed by atoms with E-state index >= 15 is 0 Å². The summed E-state index contributed by atoms with van der Waals surface area (Å²) in [6, 6.07) is 4.26. The Labute approximate surface area is 112 Å². The maximum atomic E-state index is 13.3. The highest BCUT2D eigenvalue weighted by Gasteiger charge is 2.28. The Morgan fingerprint density at radius 2 is 2.17 bits per heavy atom. The number of carbonyl (C=O) groups excluding carboxylic acids is 1. The van der Waals surface area contributed by atoms with Crippen LogP contribution < -0.4 is 0 Å². The second-order valence-electron chi connectivity index (χ2n) is 3.56. The van der Waals surface area contributed by atoms with Gasteiger partial charge < -0.3 is 9.84 Å². The fourth-order valence-electron chi connectivity index (χ4n) is 1.44. The van der Waals surface area contributed by atoms with Crippen LogP contribution in [0.4, 0.5) is 4.39 Å². The van der Waals surface area contributed by atoms with E-state index in [1.54, 1.807) is 13.0 Å². The number of rotatable bonds is 5. The zero-order valence-corrected chi connectivity index (χ0v) is 11.2. The van der Waals surface area contributed by atoms with Gasteiger partial charge in [-0.2, -0.15) is 0 Å². The minimum absolute atomic E-state index is 0.104. The number of hydrogen-bond acceptors (Lipinski definition) is 3. The van der Waals surface area contributed by atoms with Gasteiger partial charge in [-0.1, -0.05) is 12.1 Å². The molecule has 4 nitrogen and oxygen atoms in total. The van der Waals surface area contributed by atoms with Crippen LogP contribution in [-0.2, 0) is 20.7 Å². The van der Waals surface area contributed by atoms with Crippen molar-refractivity contribution in [3.05, 3.63) is 34.1 Å². The highest BCUT2D eigenvalue weighted by atomic mass is 79.9. The Morgan fingerprint density at radius 3 is 2.72 bits per heavy atom. The van der Waals surface area contributed by atoms with E-state index in [0.29, 0.717) is 5.56 Å². The molecule has 0 radical (unpaired) electrons. The lowest BCUT2D eigenvalue weighted by atomic mass is 9.99. The van der Waals surface area contributed by atoms with Crippen LogP contribution >= 0.6 is 15.9 Å². The first kappa shape index (κ1) is 14.6. The molecule has 0 spiro atoms. The minimum Gasteiger partial charge on any atom is -0.481 e. The topological polar surface area (TPSA) is 63.6 Å². The summed E-state index contributed by atoms with van der Waals surface area (Å²) in [5.74, 6) is -3.94. The predicted octanol–water partition coefficient (Wildman–Crippen LogP) is 2.39. The van der Waals surface area contributed by atoms with Gasteiger partial charge in [0.25, 0.3) is 0 Å². The van der Waals surface area contributed by atoms with Gasteiger partial charge in [0.2, 0.25) is 0 Å². The predicted molar refractivity (Wildman–Crippen MR) is 65.6 cm³/mol. The van der Waals surface area contributed by atoms with Crippen LogP contribution in [0.15, 0.2) is 22.7 Å². The first-order valence-corrected chi connectivity index (χ1v) is 6.09. The van der Waals surface area contributed by atoms with Gasteiger partial charge >= 0.3 is 11.9 Å². The van der Waals surface area contributed by atoms with Crippen LogP contribution in [0, 0.1) is 11.7 Å². The second kappa shape index (κ2) is 6.49. The molecule has 0 amide bonds. The number of carbonyl (C=O) groups is 2. The summed E-state index contributed by atoms with van der Waals surface area (Å²) >= 11 is 3.03. The van der Waals surface area contributed by atoms with Gasteiger partial charge in [0, 0.05) is 0 Å². The van der Waals surface area contributed by atoms with Gasteiger partial charge in [-0.05, 0) is 40.9 Å². The van der Waals surface area contributed by atoms with Crippen LogP contribution in [0.2, 0.25) is 0 Å². The summed E-state index contributed by atoms with van der Waals surface area (Å²) in [7, 11) is 0. The molecule has 6 heteroatoms. The molecule has 0 bridgehead atoms. The third-order valence-corrected chi connectivity index (χ3v) is 3.21. The number of carboxylic acids is 1. The molecule has 0 fully saturated rings. The van der Waals surface area contributed by atoms with Crippen LogP contribution in [0.1, 0.15) is 12.5 Å². The van der Waals surface area contributed by atoms with Crippen molar-refractivity contribution in [3.63, 3.8) is 0 Å². The summed E-state index contributed by atoms with van der Waals surface area (Å²) in [6.45, 7) is 1.70. The lowest BCUT2D eigenvalue weighted by molar-refractivity contribution is -0.158. The van der Waals surface area contributed by atoms with Crippen molar-refractivity contribution in [3.8, 4) is 0 Å². The van der Waals surface area contributed by atoms with Crippen molar-refractivity contribution in [2.45, 2.75) is 13.3 Å². The molecule has 1 atom stereocenters. The maximum Gasteiger partial charge on any atom is 0.320 e. The molecule has 0 saturated carbocycles. The third kappa shape index (κ3) is 3.53. The summed E-state index contributed by atoms with van der Waals surface area (Å²) < 4.78 is 18.1. The molecule has 0 aliphatic rings. The van der Waals surface area contributed by atoms with Gasteiger partial charge in [-0.25, -0.2) is 4.39 Å². The number of benzene rings is 1. The molecule has 1 unspecified atom stereocenters.